The molecule has 0 spiro atoms. The highest BCUT2D eigenvalue weighted by Gasteiger charge is 2.43. The number of anilines is 1. The molecular formula is C11H13BrFN3O4S. The van der Waals surface area contributed by atoms with E-state index >= 15 is 0 Å². The number of sulfonamides is 1. The molecular weight excluding hydrogens is 369 g/mol. The molecule has 0 aromatic heterocycles. The lowest BCUT2D eigenvalue weighted by Crippen LogP contribution is -2.43. The van der Waals surface area contributed by atoms with Gasteiger partial charge in [0.15, 0.2) is 0 Å². The SMILES string of the molecule is NC(=O)C1CC(O)CN1S(=O)(=O)c1cc(N)c(F)cc1Br. The van der Waals surface area contributed by atoms with Gasteiger partial charge in [-0.25, -0.2) is 12.8 Å². The molecule has 1 amide bonds. The van der Waals surface area contributed by atoms with E-state index in [4.69, 9.17) is 11.5 Å². The third-order valence-corrected chi connectivity index (χ3v) is 6.03. The zero-order valence-corrected chi connectivity index (χ0v) is 13.1. The predicted octanol–water partition coefficient (Wildman–Crippen LogP) is -0.220. The van der Waals surface area contributed by atoms with Gasteiger partial charge < -0.3 is 16.6 Å². The third kappa shape index (κ3) is 2.89. The number of benzene rings is 1. The molecule has 0 aliphatic carbocycles. The van der Waals surface area contributed by atoms with E-state index in [-0.39, 0.29) is 28.0 Å². The first kappa shape index (κ1) is 16.1. The fourth-order valence-corrected chi connectivity index (χ4v) is 4.83. The Hall–Kier alpha value is -1.23. The van der Waals surface area contributed by atoms with Crippen molar-refractivity contribution in [1.82, 2.24) is 4.31 Å². The standard InChI is InChI=1S/C11H13BrFN3O4S/c12-6-2-7(13)8(14)3-10(6)21(19,20)16-4-5(17)1-9(16)11(15)18/h2-3,5,9,17H,1,4,14H2,(H2,15,18). The maximum absolute atomic E-state index is 13.3. The van der Waals surface area contributed by atoms with E-state index in [0.717, 1.165) is 16.4 Å². The van der Waals surface area contributed by atoms with Crippen molar-refractivity contribution in [3.05, 3.63) is 22.4 Å². The number of carbonyl (C=O) groups is 1. The zero-order valence-electron chi connectivity index (χ0n) is 10.7. The van der Waals surface area contributed by atoms with Crippen molar-refractivity contribution >= 4 is 37.5 Å². The number of halogens is 2. The molecule has 0 bridgehead atoms. The minimum Gasteiger partial charge on any atom is -0.396 e. The number of aliphatic hydroxyl groups excluding tert-OH is 1. The number of amides is 1. The van der Waals surface area contributed by atoms with Crippen molar-refractivity contribution in [3.8, 4) is 0 Å². The van der Waals surface area contributed by atoms with Gasteiger partial charge in [-0.1, -0.05) is 0 Å². The second-order valence-electron chi connectivity index (χ2n) is 4.69. The van der Waals surface area contributed by atoms with Crippen LogP contribution in [0.5, 0.6) is 0 Å². The van der Waals surface area contributed by atoms with Crippen LogP contribution >= 0.6 is 15.9 Å². The monoisotopic (exact) mass is 381 g/mol. The highest BCUT2D eigenvalue weighted by molar-refractivity contribution is 9.10. The lowest BCUT2D eigenvalue weighted by Gasteiger charge is -2.22. The van der Waals surface area contributed by atoms with Gasteiger partial charge in [-0.2, -0.15) is 4.31 Å². The molecule has 1 fully saturated rings. The van der Waals surface area contributed by atoms with Crippen LogP contribution in [-0.4, -0.2) is 42.4 Å². The number of hydrogen-bond acceptors (Lipinski definition) is 5. The molecule has 1 aromatic carbocycles. The molecule has 5 N–H and O–H groups in total. The first-order valence-electron chi connectivity index (χ1n) is 5.88. The molecule has 2 rings (SSSR count). The number of nitrogens with zero attached hydrogens (tertiary/aromatic N) is 1. The molecule has 1 saturated heterocycles. The van der Waals surface area contributed by atoms with Gasteiger partial charge in [-0.3, -0.25) is 4.79 Å². The van der Waals surface area contributed by atoms with Crippen molar-refractivity contribution in [3.63, 3.8) is 0 Å². The maximum atomic E-state index is 13.3. The second-order valence-corrected chi connectivity index (χ2v) is 7.40. The molecule has 1 aliphatic heterocycles. The number of primary amides is 1. The van der Waals surface area contributed by atoms with Crippen LogP contribution in [0.4, 0.5) is 10.1 Å². The normalized spacial score (nSPS) is 23.4. The average molecular weight is 382 g/mol. The fraction of sp³-hybridized carbons (Fsp3) is 0.364. The van der Waals surface area contributed by atoms with Gasteiger partial charge in [0, 0.05) is 17.4 Å². The van der Waals surface area contributed by atoms with E-state index < -0.39 is 33.9 Å². The number of carbonyl (C=O) groups excluding carboxylic acids is 1. The molecule has 0 radical (unpaired) electrons. The first-order valence-corrected chi connectivity index (χ1v) is 8.11. The summed E-state index contributed by atoms with van der Waals surface area (Å²) in [6, 6.07) is 0.731. The summed E-state index contributed by atoms with van der Waals surface area (Å²) in [7, 11) is -4.16. The number of hydrogen-bond donors (Lipinski definition) is 3. The molecule has 21 heavy (non-hydrogen) atoms. The van der Waals surface area contributed by atoms with Crippen molar-refractivity contribution in [2.75, 3.05) is 12.3 Å². The van der Waals surface area contributed by atoms with Crippen LogP contribution in [0, 0.1) is 5.82 Å². The Kier molecular flexibility index (Phi) is 4.24. The summed E-state index contributed by atoms with van der Waals surface area (Å²) in [5.74, 6) is -1.63. The highest BCUT2D eigenvalue weighted by Crippen LogP contribution is 2.32. The highest BCUT2D eigenvalue weighted by atomic mass is 79.9. The van der Waals surface area contributed by atoms with Crippen LogP contribution in [0.1, 0.15) is 6.42 Å². The third-order valence-electron chi connectivity index (χ3n) is 3.20. The van der Waals surface area contributed by atoms with Gasteiger partial charge in [0.05, 0.1) is 16.7 Å². The molecule has 2 atom stereocenters. The van der Waals surface area contributed by atoms with Crippen LogP contribution in [0.25, 0.3) is 0 Å². The van der Waals surface area contributed by atoms with Crippen LogP contribution in [0.3, 0.4) is 0 Å². The Labute approximate surface area is 128 Å². The number of aliphatic hydroxyl groups is 1. The molecule has 1 aromatic rings. The number of β-amino-alcohol motifs (C(OH)–C–C–N with tert-alkyl or cyclic N) is 1. The number of rotatable bonds is 3. The summed E-state index contributed by atoms with van der Waals surface area (Å²) < 4.78 is 39.2. The van der Waals surface area contributed by atoms with Crippen molar-refractivity contribution in [1.29, 1.82) is 0 Å². The summed E-state index contributed by atoms with van der Waals surface area (Å²) >= 11 is 2.96. The van der Waals surface area contributed by atoms with Crippen LogP contribution in [0.2, 0.25) is 0 Å². The summed E-state index contributed by atoms with van der Waals surface area (Å²) in [6.07, 6.45) is -1.07. The van der Waals surface area contributed by atoms with Crippen LogP contribution in [0.15, 0.2) is 21.5 Å². The van der Waals surface area contributed by atoms with E-state index in [1.807, 2.05) is 0 Å². The Morgan fingerprint density at radius 1 is 1.48 bits per heavy atom. The Balaban J connectivity index is 2.52. The maximum Gasteiger partial charge on any atom is 0.245 e. The molecule has 1 aliphatic rings. The van der Waals surface area contributed by atoms with E-state index in [1.54, 1.807) is 0 Å². The summed E-state index contributed by atoms with van der Waals surface area (Å²) in [5.41, 5.74) is 10.2. The Morgan fingerprint density at radius 2 is 2.10 bits per heavy atom. The van der Waals surface area contributed by atoms with Crippen molar-refractivity contribution in [2.45, 2.75) is 23.5 Å². The lowest BCUT2D eigenvalue weighted by molar-refractivity contribution is -0.121. The molecule has 1 heterocycles. The van der Waals surface area contributed by atoms with Gasteiger partial charge >= 0.3 is 0 Å². The zero-order chi connectivity index (χ0) is 15.9. The fourth-order valence-electron chi connectivity index (χ4n) is 2.18. The summed E-state index contributed by atoms with van der Waals surface area (Å²) in [5, 5.41) is 9.59. The van der Waals surface area contributed by atoms with Gasteiger partial charge in [-0.15, -0.1) is 0 Å². The van der Waals surface area contributed by atoms with Crippen LogP contribution in [-0.2, 0) is 14.8 Å². The second kappa shape index (κ2) is 5.52. The average Bonchev–Trinajstić information content (AvgIpc) is 2.76. The van der Waals surface area contributed by atoms with E-state index in [2.05, 4.69) is 15.9 Å². The number of nitrogens with two attached hydrogens (primary N) is 2. The molecule has 2 unspecified atom stereocenters. The topological polar surface area (TPSA) is 127 Å². The summed E-state index contributed by atoms with van der Waals surface area (Å²) in [4.78, 5) is 11.1. The van der Waals surface area contributed by atoms with Gasteiger partial charge in [0.25, 0.3) is 0 Å². The quantitative estimate of drug-likeness (QED) is 0.623. The predicted molar refractivity (Wildman–Crippen MR) is 76.0 cm³/mol. The lowest BCUT2D eigenvalue weighted by atomic mass is 10.2. The Morgan fingerprint density at radius 3 is 2.67 bits per heavy atom. The molecule has 0 saturated carbocycles. The number of nitrogen functional groups attached to an aromatic ring is 1. The summed E-state index contributed by atoms with van der Waals surface area (Å²) in [6.45, 7) is -0.264. The van der Waals surface area contributed by atoms with E-state index in [9.17, 15) is 22.7 Å². The minimum atomic E-state index is -4.16. The molecule has 7 nitrogen and oxygen atoms in total. The van der Waals surface area contributed by atoms with Crippen molar-refractivity contribution in [2.24, 2.45) is 5.73 Å². The van der Waals surface area contributed by atoms with E-state index in [1.165, 1.54) is 0 Å². The van der Waals surface area contributed by atoms with Crippen molar-refractivity contribution < 1.29 is 22.7 Å². The van der Waals surface area contributed by atoms with Gasteiger partial charge in [-0.05, 0) is 28.1 Å². The largest absolute Gasteiger partial charge is 0.396 e. The Bertz CT molecular complexity index is 697. The molecule has 116 valence electrons. The van der Waals surface area contributed by atoms with Gasteiger partial charge in [0.1, 0.15) is 11.9 Å². The van der Waals surface area contributed by atoms with E-state index in [0.29, 0.717) is 0 Å². The minimum absolute atomic E-state index is 0.0289. The molecule has 10 heteroatoms. The smallest absolute Gasteiger partial charge is 0.245 e. The van der Waals surface area contributed by atoms with Crippen LogP contribution < -0.4 is 11.5 Å². The first-order chi connectivity index (χ1) is 9.64. The van der Waals surface area contributed by atoms with Gasteiger partial charge in [0.2, 0.25) is 15.9 Å².